The molecule has 4 rings (SSSR count). The molecule has 1 saturated heterocycles. The molecule has 3 aromatic rings. The van der Waals surface area contributed by atoms with E-state index in [2.05, 4.69) is 4.90 Å². The highest BCUT2D eigenvalue weighted by Gasteiger charge is 2.32. The summed E-state index contributed by atoms with van der Waals surface area (Å²) in [6.45, 7) is 3.93. The number of anilines is 1. The lowest BCUT2D eigenvalue weighted by Gasteiger charge is -2.37. The number of hydrogen-bond acceptors (Lipinski definition) is 7. The molecule has 0 bridgehead atoms. The van der Waals surface area contributed by atoms with Crippen LogP contribution in [0.5, 0.6) is 0 Å². The summed E-state index contributed by atoms with van der Waals surface area (Å²) in [7, 11) is 3.09. The second kappa shape index (κ2) is 10.0. The van der Waals surface area contributed by atoms with Crippen LogP contribution in [0, 0.1) is 6.92 Å². The molecule has 2 atom stereocenters. The molecular formula is C24H25ClN2O4S. The number of esters is 1. The van der Waals surface area contributed by atoms with Gasteiger partial charge in [0.15, 0.2) is 0 Å². The van der Waals surface area contributed by atoms with Crippen molar-refractivity contribution < 1.29 is 19.0 Å². The van der Waals surface area contributed by atoms with Gasteiger partial charge in [-0.25, -0.2) is 9.78 Å². The van der Waals surface area contributed by atoms with Crippen molar-refractivity contribution in [2.24, 2.45) is 0 Å². The topological polar surface area (TPSA) is 60.9 Å². The maximum absolute atomic E-state index is 11.9. The number of carbonyl (C=O) groups excluding carboxylic acids is 1. The SMILES string of the molecule is COC(=O)c1cccc(N2CCOC(C(OC)c3sc(-c4ccc(Cl)cc4)nc3C)C2)c1. The van der Waals surface area contributed by atoms with E-state index in [4.69, 9.17) is 30.8 Å². The van der Waals surface area contributed by atoms with Gasteiger partial charge in [0, 0.05) is 36.5 Å². The predicted octanol–water partition coefficient (Wildman–Crippen LogP) is 5.15. The van der Waals surface area contributed by atoms with Crippen LogP contribution in [0.4, 0.5) is 5.69 Å². The highest BCUT2D eigenvalue weighted by atomic mass is 35.5. The van der Waals surface area contributed by atoms with Crippen LogP contribution in [0.15, 0.2) is 48.5 Å². The molecule has 0 N–H and O–H groups in total. The van der Waals surface area contributed by atoms with E-state index in [1.54, 1.807) is 24.5 Å². The third-order valence-corrected chi connectivity index (χ3v) is 7.02. The van der Waals surface area contributed by atoms with Crippen LogP contribution in [0.1, 0.15) is 27.0 Å². The Labute approximate surface area is 196 Å². The summed E-state index contributed by atoms with van der Waals surface area (Å²) in [6, 6.07) is 15.1. The number of rotatable bonds is 6. The minimum Gasteiger partial charge on any atom is -0.465 e. The normalized spacial score (nSPS) is 17.2. The van der Waals surface area contributed by atoms with Gasteiger partial charge in [0.1, 0.15) is 17.2 Å². The second-order valence-corrected chi connectivity index (χ2v) is 9.00. The molecule has 6 nitrogen and oxygen atoms in total. The number of morpholine rings is 1. The molecule has 0 spiro atoms. The van der Waals surface area contributed by atoms with Gasteiger partial charge in [-0.1, -0.05) is 29.8 Å². The summed E-state index contributed by atoms with van der Waals surface area (Å²) in [5.74, 6) is -0.346. The maximum atomic E-state index is 11.9. The van der Waals surface area contributed by atoms with Crippen LogP contribution in [0.2, 0.25) is 5.02 Å². The molecule has 0 saturated carbocycles. The Morgan fingerprint density at radius 1 is 1.25 bits per heavy atom. The van der Waals surface area contributed by atoms with Gasteiger partial charge in [-0.15, -0.1) is 11.3 Å². The van der Waals surface area contributed by atoms with Crippen molar-refractivity contribution >= 4 is 34.6 Å². The Hall–Kier alpha value is -2.45. The Kier molecular flexibility index (Phi) is 7.10. The van der Waals surface area contributed by atoms with Crippen molar-refractivity contribution in [3.8, 4) is 10.6 Å². The molecule has 1 aromatic heterocycles. The van der Waals surface area contributed by atoms with E-state index in [-0.39, 0.29) is 18.2 Å². The van der Waals surface area contributed by atoms with E-state index in [1.807, 2.05) is 49.4 Å². The number of thiazole rings is 1. The van der Waals surface area contributed by atoms with Crippen LogP contribution < -0.4 is 4.90 Å². The molecule has 32 heavy (non-hydrogen) atoms. The van der Waals surface area contributed by atoms with Crippen LogP contribution in [0.3, 0.4) is 0 Å². The van der Waals surface area contributed by atoms with E-state index in [0.717, 1.165) is 33.4 Å². The lowest BCUT2D eigenvalue weighted by molar-refractivity contribution is -0.0629. The van der Waals surface area contributed by atoms with E-state index < -0.39 is 0 Å². The average molecular weight is 473 g/mol. The zero-order valence-electron chi connectivity index (χ0n) is 18.2. The molecule has 2 unspecified atom stereocenters. The molecule has 1 aliphatic rings. The highest BCUT2D eigenvalue weighted by molar-refractivity contribution is 7.15. The first-order chi connectivity index (χ1) is 15.5. The van der Waals surface area contributed by atoms with E-state index in [9.17, 15) is 4.79 Å². The minimum absolute atomic E-state index is 0.173. The van der Waals surface area contributed by atoms with E-state index >= 15 is 0 Å². The summed E-state index contributed by atoms with van der Waals surface area (Å²) in [4.78, 5) is 20.0. The third-order valence-electron chi connectivity index (χ3n) is 5.50. The number of benzene rings is 2. The van der Waals surface area contributed by atoms with Crippen LogP contribution in [0.25, 0.3) is 10.6 Å². The summed E-state index contributed by atoms with van der Waals surface area (Å²) < 4.78 is 16.9. The Morgan fingerprint density at radius 3 is 2.75 bits per heavy atom. The lowest BCUT2D eigenvalue weighted by Crippen LogP contribution is -2.45. The minimum atomic E-state index is -0.346. The molecule has 168 valence electrons. The number of carbonyl (C=O) groups is 1. The fourth-order valence-electron chi connectivity index (χ4n) is 3.86. The van der Waals surface area contributed by atoms with Crippen LogP contribution in [-0.4, -0.2) is 51.0 Å². The van der Waals surface area contributed by atoms with Gasteiger partial charge < -0.3 is 19.1 Å². The van der Waals surface area contributed by atoms with Gasteiger partial charge in [0.25, 0.3) is 0 Å². The lowest BCUT2D eigenvalue weighted by atomic mass is 10.1. The molecule has 0 radical (unpaired) electrons. The Bertz CT molecular complexity index is 1090. The molecule has 2 heterocycles. The standard InChI is InChI=1S/C24H25ClN2O4S/c1-15-22(32-23(26-15)16-7-9-18(25)10-8-16)21(29-2)20-14-27(11-12-31-20)19-6-4-5-17(13-19)24(28)30-3/h4-10,13,20-21H,11-12,14H2,1-3H3. The third kappa shape index (κ3) is 4.81. The van der Waals surface area contributed by atoms with E-state index in [1.165, 1.54) is 7.11 Å². The maximum Gasteiger partial charge on any atom is 0.337 e. The molecule has 1 aliphatic heterocycles. The first kappa shape index (κ1) is 22.7. The number of methoxy groups -OCH3 is 2. The van der Waals surface area contributed by atoms with Gasteiger partial charge in [-0.2, -0.15) is 0 Å². The van der Waals surface area contributed by atoms with Crippen molar-refractivity contribution in [3.05, 3.63) is 69.7 Å². The zero-order chi connectivity index (χ0) is 22.7. The van der Waals surface area contributed by atoms with Crippen molar-refractivity contribution in [1.82, 2.24) is 4.98 Å². The second-order valence-electron chi connectivity index (χ2n) is 7.53. The first-order valence-corrected chi connectivity index (χ1v) is 11.5. The molecule has 1 fully saturated rings. The molecule has 0 amide bonds. The number of aryl methyl sites for hydroxylation is 1. The summed E-state index contributed by atoms with van der Waals surface area (Å²) in [5.41, 5.74) is 3.44. The fraction of sp³-hybridized carbons (Fsp3) is 0.333. The molecule has 2 aromatic carbocycles. The predicted molar refractivity (Wildman–Crippen MR) is 127 cm³/mol. The molecule has 0 aliphatic carbocycles. The zero-order valence-corrected chi connectivity index (χ0v) is 19.8. The van der Waals surface area contributed by atoms with Crippen molar-refractivity contribution in [1.29, 1.82) is 0 Å². The van der Waals surface area contributed by atoms with Crippen LogP contribution >= 0.6 is 22.9 Å². The van der Waals surface area contributed by atoms with Crippen molar-refractivity contribution in [3.63, 3.8) is 0 Å². The van der Waals surface area contributed by atoms with E-state index in [0.29, 0.717) is 23.7 Å². The highest BCUT2D eigenvalue weighted by Crippen LogP contribution is 2.37. The van der Waals surface area contributed by atoms with Crippen LogP contribution in [-0.2, 0) is 14.2 Å². The van der Waals surface area contributed by atoms with Gasteiger partial charge in [0.05, 0.1) is 29.9 Å². The summed E-state index contributed by atoms with van der Waals surface area (Å²) in [5, 5.41) is 1.62. The van der Waals surface area contributed by atoms with Crippen molar-refractivity contribution in [2.45, 2.75) is 19.1 Å². The quantitative estimate of drug-likeness (QED) is 0.462. The molecule has 8 heteroatoms. The van der Waals surface area contributed by atoms with Gasteiger partial charge in [-0.05, 0) is 37.3 Å². The number of aromatic nitrogens is 1. The number of nitrogens with zero attached hydrogens (tertiary/aromatic N) is 2. The number of ether oxygens (including phenoxy) is 3. The Balaban J connectivity index is 1.56. The summed E-state index contributed by atoms with van der Waals surface area (Å²) in [6.07, 6.45) is -0.423. The largest absolute Gasteiger partial charge is 0.465 e. The summed E-state index contributed by atoms with van der Waals surface area (Å²) >= 11 is 7.64. The fourth-order valence-corrected chi connectivity index (χ4v) is 5.18. The monoisotopic (exact) mass is 472 g/mol. The molecular weight excluding hydrogens is 448 g/mol. The van der Waals surface area contributed by atoms with Crippen molar-refractivity contribution in [2.75, 3.05) is 38.8 Å². The Morgan fingerprint density at radius 2 is 2.03 bits per heavy atom. The van der Waals surface area contributed by atoms with Gasteiger partial charge >= 0.3 is 5.97 Å². The van der Waals surface area contributed by atoms with Gasteiger partial charge in [-0.3, -0.25) is 0 Å². The first-order valence-electron chi connectivity index (χ1n) is 10.3. The van der Waals surface area contributed by atoms with Gasteiger partial charge in [0.2, 0.25) is 0 Å². The average Bonchev–Trinajstić information content (AvgIpc) is 3.21. The number of halogens is 1. The smallest absolute Gasteiger partial charge is 0.337 e. The number of hydrogen-bond donors (Lipinski definition) is 0.